The third-order valence-electron chi connectivity index (χ3n) is 1.49. The lowest BCUT2D eigenvalue weighted by Crippen LogP contribution is -1.92. The van der Waals surface area contributed by atoms with E-state index in [0.717, 1.165) is 5.92 Å². The molecule has 0 fully saturated rings. The highest BCUT2D eigenvalue weighted by Crippen LogP contribution is 2.05. The van der Waals surface area contributed by atoms with Crippen LogP contribution in [0.4, 0.5) is 0 Å². The highest BCUT2D eigenvalue weighted by Gasteiger charge is 1.94. The molecule has 0 amide bonds. The lowest BCUT2D eigenvalue weighted by molar-refractivity contribution is 0.647. The highest BCUT2D eigenvalue weighted by atomic mass is 14.0. The van der Waals surface area contributed by atoms with Crippen molar-refractivity contribution in [3.63, 3.8) is 0 Å². The predicted octanol–water partition coefficient (Wildman–Crippen LogP) is 3.69. The van der Waals surface area contributed by atoms with Gasteiger partial charge >= 0.3 is 0 Å². The van der Waals surface area contributed by atoms with Gasteiger partial charge in [-0.1, -0.05) is 44.2 Å². The summed E-state index contributed by atoms with van der Waals surface area (Å²) in [5.74, 6) is 0.766. The molecule has 0 aliphatic rings. The van der Waals surface area contributed by atoms with E-state index in [9.17, 15) is 0 Å². The molecule has 1 aromatic rings. The zero-order valence-corrected chi connectivity index (χ0v) is 8.09. The van der Waals surface area contributed by atoms with E-state index in [1.54, 1.807) is 0 Å². The topological polar surface area (TPSA) is 0 Å². The number of benzene rings is 1. The van der Waals surface area contributed by atoms with E-state index in [0.29, 0.717) is 0 Å². The van der Waals surface area contributed by atoms with E-state index >= 15 is 0 Å². The summed E-state index contributed by atoms with van der Waals surface area (Å²) in [6.45, 7) is 10.5. The van der Waals surface area contributed by atoms with Gasteiger partial charge in [-0.15, -0.1) is 13.2 Å². The zero-order chi connectivity index (χ0) is 9.40. The van der Waals surface area contributed by atoms with Gasteiger partial charge in [0.2, 0.25) is 0 Å². The van der Waals surface area contributed by atoms with Gasteiger partial charge in [0.15, 0.2) is 0 Å². The summed E-state index contributed by atoms with van der Waals surface area (Å²) in [6.07, 6.45) is 1.20. The number of hydrogen-bond donors (Lipinski definition) is 0. The van der Waals surface area contributed by atoms with E-state index in [1.807, 2.05) is 0 Å². The van der Waals surface area contributed by atoms with Gasteiger partial charge in [-0.3, -0.25) is 0 Å². The summed E-state index contributed by atoms with van der Waals surface area (Å²) in [5, 5.41) is 0. The molecule has 66 valence electrons. The summed E-state index contributed by atoms with van der Waals surface area (Å²) in [5.41, 5.74) is 1.44. The van der Waals surface area contributed by atoms with Gasteiger partial charge in [0.25, 0.3) is 0 Å². The van der Waals surface area contributed by atoms with Crippen LogP contribution in [0.15, 0.2) is 43.5 Å². The summed E-state index contributed by atoms with van der Waals surface area (Å²) < 4.78 is 0. The molecule has 0 unspecified atom stereocenters. The Morgan fingerprint density at radius 2 is 1.58 bits per heavy atom. The highest BCUT2D eigenvalue weighted by molar-refractivity contribution is 5.14. The minimum atomic E-state index is 0.766. The van der Waals surface area contributed by atoms with Gasteiger partial charge in [0.1, 0.15) is 0 Å². The Hall–Kier alpha value is -1.04. The fourth-order valence-electron chi connectivity index (χ4n) is 1.09. The molecule has 0 saturated heterocycles. The third kappa shape index (κ3) is 4.73. The molecule has 0 spiro atoms. The van der Waals surface area contributed by atoms with E-state index in [2.05, 4.69) is 57.3 Å². The monoisotopic (exact) mass is 162 g/mol. The number of hydrogen-bond acceptors (Lipinski definition) is 0. The largest absolute Gasteiger partial charge is 0.106 e. The zero-order valence-electron chi connectivity index (χ0n) is 8.09. The van der Waals surface area contributed by atoms with Crippen LogP contribution in [0.25, 0.3) is 0 Å². The van der Waals surface area contributed by atoms with Crippen molar-refractivity contribution >= 4 is 0 Å². The molecule has 0 heteroatoms. The van der Waals surface area contributed by atoms with E-state index in [1.165, 1.54) is 12.0 Å². The first kappa shape index (κ1) is 11.0. The van der Waals surface area contributed by atoms with Crippen LogP contribution < -0.4 is 0 Å². The molecular formula is C12H18. The second kappa shape index (κ2) is 6.66. The second-order valence-electron chi connectivity index (χ2n) is 3.08. The summed E-state index contributed by atoms with van der Waals surface area (Å²) in [7, 11) is 0. The lowest BCUT2D eigenvalue weighted by atomic mass is 10.0. The van der Waals surface area contributed by atoms with Crippen LogP contribution in [0.1, 0.15) is 19.4 Å². The Morgan fingerprint density at radius 1 is 1.08 bits per heavy atom. The smallest absolute Gasteiger partial charge is 0.0256 e. The minimum absolute atomic E-state index is 0.766. The van der Waals surface area contributed by atoms with Crippen molar-refractivity contribution in [1.82, 2.24) is 0 Å². The molecular weight excluding hydrogens is 144 g/mol. The van der Waals surface area contributed by atoms with Crippen LogP contribution in [0.2, 0.25) is 0 Å². The Labute approximate surface area is 75.9 Å². The first-order valence-corrected chi connectivity index (χ1v) is 4.33. The lowest BCUT2D eigenvalue weighted by Gasteiger charge is -2.02. The molecule has 0 saturated carbocycles. The molecule has 0 nitrogen and oxygen atoms in total. The van der Waals surface area contributed by atoms with Crippen LogP contribution >= 0.6 is 0 Å². The van der Waals surface area contributed by atoms with Crippen molar-refractivity contribution in [2.75, 3.05) is 0 Å². The van der Waals surface area contributed by atoms with Crippen molar-refractivity contribution in [3.8, 4) is 0 Å². The fraction of sp³-hybridized carbons (Fsp3) is 0.333. The van der Waals surface area contributed by atoms with Crippen molar-refractivity contribution < 1.29 is 0 Å². The predicted molar refractivity (Wildman–Crippen MR) is 56.2 cm³/mol. The molecule has 1 aromatic carbocycles. The van der Waals surface area contributed by atoms with Crippen LogP contribution in [0.5, 0.6) is 0 Å². The van der Waals surface area contributed by atoms with Gasteiger partial charge in [-0.2, -0.15) is 0 Å². The molecule has 0 bridgehead atoms. The maximum Gasteiger partial charge on any atom is -0.0256 e. The molecule has 0 aliphatic carbocycles. The van der Waals surface area contributed by atoms with Crippen molar-refractivity contribution in [3.05, 3.63) is 49.1 Å². The van der Waals surface area contributed by atoms with Crippen molar-refractivity contribution in [2.24, 2.45) is 5.92 Å². The maximum atomic E-state index is 3.00. The van der Waals surface area contributed by atoms with Gasteiger partial charge < -0.3 is 0 Å². The fourth-order valence-corrected chi connectivity index (χ4v) is 1.09. The van der Waals surface area contributed by atoms with Gasteiger partial charge in [-0.05, 0) is 17.9 Å². The van der Waals surface area contributed by atoms with Crippen LogP contribution in [-0.2, 0) is 6.42 Å². The first-order chi connectivity index (χ1) is 5.79. The molecule has 0 N–H and O–H groups in total. The summed E-state index contributed by atoms with van der Waals surface area (Å²) >= 11 is 0. The van der Waals surface area contributed by atoms with Crippen molar-refractivity contribution in [1.29, 1.82) is 0 Å². The second-order valence-corrected chi connectivity index (χ2v) is 3.08. The standard InChI is InChI=1S/C10H14.C2H4/c1-9(2)8-10-6-4-3-5-7-10;1-2/h3-7,9H,8H2,1-2H3;1-2H2. The van der Waals surface area contributed by atoms with Crippen LogP contribution in [-0.4, -0.2) is 0 Å². The summed E-state index contributed by atoms with van der Waals surface area (Å²) in [6, 6.07) is 10.6. The van der Waals surface area contributed by atoms with E-state index in [-0.39, 0.29) is 0 Å². The number of rotatable bonds is 2. The van der Waals surface area contributed by atoms with E-state index in [4.69, 9.17) is 0 Å². The summed E-state index contributed by atoms with van der Waals surface area (Å²) in [4.78, 5) is 0. The quantitative estimate of drug-likeness (QED) is 0.582. The molecule has 0 radical (unpaired) electrons. The Kier molecular flexibility index (Phi) is 6.08. The van der Waals surface area contributed by atoms with Gasteiger partial charge in [0.05, 0.1) is 0 Å². The molecule has 0 aliphatic heterocycles. The molecule has 0 heterocycles. The Morgan fingerprint density at radius 3 is 2.00 bits per heavy atom. The van der Waals surface area contributed by atoms with Crippen molar-refractivity contribution in [2.45, 2.75) is 20.3 Å². The molecule has 1 rings (SSSR count). The molecule has 12 heavy (non-hydrogen) atoms. The van der Waals surface area contributed by atoms with Gasteiger partial charge in [0, 0.05) is 0 Å². The van der Waals surface area contributed by atoms with Gasteiger partial charge in [-0.25, -0.2) is 0 Å². The van der Waals surface area contributed by atoms with E-state index < -0.39 is 0 Å². The Balaban J connectivity index is 0.000000561. The van der Waals surface area contributed by atoms with Crippen LogP contribution in [0, 0.1) is 5.92 Å². The normalized spacial score (nSPS) is 8.92. The maximum absolute atomic E-state index is 3.00. The Bertz CT molecular complexity index is 186. The average Bonchev–Trinajstić information content (AvgIpc) is 2.08. The first-order valence-electron chi connectivity index (χ1n) is 4.33. The van der Waals surface area contributed by atoms with Crippen LogP contribution in [0.3, 0.4) is 0 Å². The molecule has 0 aromatic heterocycles. The third-order valence-corrected chi connectivity index (χ3v) is 1.49. The molecule has 0 atom stereocenters. The SMILES string of the molecule is C=C.CC(C)Cc1ccccc1. The minimum Gasteiger partial charge on any atom is -0.106 e. The average molecular weight is 162 g/mol.